The zero-order valence-corrected chi connectivity index (χ0v) is 17.3. The zero-order valence-electron chi connectivity index (χ0n) is 15.7. The van der Waals surface area contributed by atoms with Crippen LogP contribution in [0.1, 0.15) is 41.3 Å². The van der Waals surface area contributed by atoms with Gasteiger partial charge in [0.05, 0.1) is 16.6 Å². The first-order chi connectivity index (χ1) is 13.6. The standard InChI is InChI=1S/C21H24ClN3O2S/c22-15-5-3-6-16(12-15)25-13-14(11-20(25)26)21(27)23-10-4-9-19-24-17-7-1-2-8-18(17)28-19/h3,5-6,12,14H,1-2,4,7-11,13H2,(H,23,27). The van der Waals surface area contributed by atoms with Gasteiger partial charge in [-0.25, -0.2) is 4.98 Å². The van der Waals surface area contributed by atoms with Crippen LogP contribution in [0, 0.1) is 5.92 Å². The van der Waals surface area contributed by atoms with Crippen LogP contribution in [0.15, 0.2) is 24.3 Å². The molecule has 1 N–H and O–H groups in total. The smallest absolute Gasteiger partial charge is 0.227 e. The summed E-state index contributed by atoms with van der Waals surface area (Å²) in [6.07, 6.45) is 6.82. The highest BCUT2D eigenvalue weighted by Crippen LogP contribution is 2.28. The van der Waals surface area contributed by atoms with Crippen LogP contribution in [0.4, 0.5) is 5.69 Å². The zero-order chi connectivity index (χ0) is 19.5. The molecule has 4 rings (SSSR count). The Labute approximate surface area is 174 Å². The molecule has 2 heterocycles. The number of hydrogen-bond donors (Lipinski definition) is 1. The molecule has 2 amide bonds. The van der Waals surface area contributed by atoms with Crippen LogP contribution in [0.3, 0.4) is 0 Å². The number of amides is 2. The Bertz CT molecular complexity index is 859. The first kappa shape index (κ1) is 19.4. The molecular weight excluding hydrogens is 394 g/mol. The Balaban J connectivity index is 1.24. The summed E-state index contributed by atoms with van der Waals surface area (Å²) in [6.45, 7) is 1.02. The number of rotatable bonds is 6. The molecule has 0 radical (unpaired) electrons. The van der Waals surface area contributed by atoms with Crippen molar-refractivity contribution in [2.75, 3.05) is 18.0 Å². The van der Waals surface area contributed by atoms with E-state index in [2.05, 4.69) is 5.32 Å². The largest absolute Gasteiger partial charge is 0.356 e. The number of nitrogens with one attached hydrogen (secondary N) is 1. The molecule has 2 aliphatic rings. The number of halogens is 1. The number of carbonyl (C=O) groups is 2. The van der Waals surface area contributed by atoms with E-state index in [0.717, 1.165) is 24.9 Å². The number of hydrogen-bond acceptors (Lipinski definition) is 4. The van der Waals surface area contributed by atoms with E-state index in [9.17, 15) is 9.59 Å². The topological polar surface area (TPSA) is 62.3 Å². The van der Waals surface area contributed by atoms with Gasteiger partial charge in [-0.15, -0.1) is 11.3 Å². The van der Waals surface area contributed by atoms with E-state index in [1.165, 1.54) is 34.8 Å². The molecule has 1 aromatic heterocycles. The van der Waals surface area contributed by atoms with E-state index in [0.29, 0.717) is 18.1 Å². The van der Waals surface area contributed by atoms with Gasteiger partial charge in [-0.1, -0.05) is 17.7 Å². The van der Waals surface area contributed by atoms with Gasteiger partial charge in [0.25, 0.3) is 0 Å². The third-order valence-electron chi connectivity index (χ3n) is 5.37. The van der Waals surface area contributed by atoms with E-state index in [1.807, 2.05) is 23.5 Å². The van der Waals surface area contributed by atoms with Gasteiger partial charge in [-0.2, -0.15) is 0 Å². The molecule has 2 aromatic rings. The molecule has 1 unspecified atom stereocenters. The highest BCUT2D eigenvalue weighted by molar-refractivity contribution is 7.11. The summed E-state index contributed by atoms with van der Waals surface area (Å²) < 4.78 is 0. The molecule has 0 saturated carbocycles. The average molecular weight is 418 g/mol. The van der Waals surface area contributed by atoms with Crippen LogP contribution >= 0.6 is 22.9 Å². The van der Waals surface area contributed by atoms with Crippen LogP contribution in [0.5, 0.6) is 0 Å². The van der Waals surface area contributed by atoms with Gasteiger partial charge >= 0.3 is 0 Å². The van der Waals surface area contributed by atoms with Crippen molar-refractivity contribution in [1.29, 1.82) is 0 Å². The van der Waals surface area contributed by atoms with Crippen molar-refractivity contribution in [2.45, 2.75) is 44.9 Å². The van der Waals surface area contributed by atoms with Crippen molar-refractivity contribution in [3.63, 3.8) is 0 Å². The molecule has 1 aliphatic heterocycles. The Hall–Kier alpha value is -1.92. The molecule has 0 spiro atoms. The third-order valence-corrected chi connectivity index (χ3v) is 6.82. The van der Waals surface area contributed by atoms with Crippen molar-refractivity contribution in [3.05, 3.63) is 44.9 Å². The maximum Gasteiger partial charge on any atom is 0.227 e. The third kappa shape index (κ3) is 4.39. The lowest BCUT2D eigenvalue weighted by Gasteiger charge is -2.17. The SMILES string of the molecule is O=C(NCCCc1nc2c(s1)CCCC2)C1CC(=O)N(c2cccc(Cl)c2)C1. The molecule has 1 fully saturated rings. The molecule has 5 nitrogen and oxygen atoms in total. The average Bonchev–Trinajstić information content (AvgIpc) is 3.28. The molecule has 148 valence electrons. The predicted molar refractivity (Wildman–Crippen MR) is 112 cm³/mol. The monoisotopic (exact) mass is 417 g/mol. The number of fused-ring (bicyclic) bond motifs is 1. The van der Waals surface area contributed by atoms with Crippen molar-refractivity contribution < 1.29 is 9.59 Å². The first-order valence-electron chi connectivity index (χ1n) is 9.91. The van der Waals surface area contributed by atoms with Crippen molar-refractivity contribution in [3.8, 4) is 0 Å². The fourth-order valence-corrected chi connectivity index (χ4v) is 5.27. The van der Waals surface area contributed by atoms with Gasteiger partial charge in [0.15, 0.2) is 0 Å². The summed E-state index contributed by atoms with van der Waals surface area (Å²) in [6, 6.07) is 7.19. The van der Waals surface area contributed by atoms with Crippen LogP contribution in [0.25, 0.3) is 0 Å². The number of aromatic nitrogens is 1. The Morgan fingerprint density at radius 1 is 1.32 bits per heavy atom. The Kier molecular flexibility index (Phi) is 5.97. The molecule has 0 bridgehead atoms. The van der Waals surface area contributed by atoms with Gasteiger partial charge in [0.2, 0.25) is 11.8 Å². The molecule has 1 aliphatic carbocycles. The maximum absolute atomic E-state index is 12.5. The minimum Gasteiger partial charge on any atom is -0.356 e. The first-order valence-corrected chi connectivity index (χ1v) is 11.1. The summed E-state index contributed by atoms with van der Waals surface area (Å²) in [5.74, 6) is -0.384. The van der Waals surface area contributed by atoms with Gasteiger partial charge in [0, 0.05) is 41.5 Å². The molecule has 28 heavy (non-hydrogen) atoms. The van der Waals surface area contributed by atoms with Crippen LogP contribution in [-0.2, 0) is 28.9 Å². The second kappa shape index (κ2) is 8.62. The number of nitrogens with zero attached hydrogens (tertiary/aromatic N) is 2. The molecular formula is C21H24ClN3O2S. The molecule has 1 saturated heterocycles. The molecule has 1 atom stereocenters. The summed E-state index contributed by atoms with van der Waals surface area (Å²) >= 11 is 7.85. The van der Waals surface area contributed by atoms with Gasteiger partial charge in [0.1, 0.15) is 0 Å². The number of benzene rings is 1. The Morgan fingerprint density at radius 2 is 2.18 bits per heavy atom. The Morgan fingerprint density at radius 3 is 3.00 bits per heavy atom. The van der Waals surface area contributed by atoms with Gasteiger partial charge in [-0.3, -0.25) is 9.59 Å². The van der Waals surface area contributed by atoms with Gasteiger partial charge in [-0.05, 0) is 50.3 Å². The minimum atomic E-state index is -0.307. The fraction of sp³-hybridized carbons (Fsp3) is 0.476. The van der Waals surface area contributed by atoms with Crippen molar-refractivity contribution in [1.82, 2.24) is 10.3 Å². The number of anilines is 1. The second-order valence-corrected chi connectivity index (χ2v) is 9.07. The van der Waals surface area contributed by atoms with Crippen LogP contribution in [0.2, 0.25) is 5.02 Å². The number of aryl methyl sites for hydroxylation is 3. The van der Waals surface area contributed by atoms with Crippen LogP contribution < -0.4 is 10.2 Å². The van der Waals surface area contributed by atoms with E-state index in [4.69, 9.17) is 16.6 Å². The summed E-state index contributed by atoms with van der Waals surface area (Å²) in [4.78, 5) is 32.6. The second-order valence-electron chi connectivity index (χ2n) is 7.46. The summed E-state index contributed by atoms with van der Waals surface area (Å²) in [7, 11) is 0. The highest BCUT2D eigenvalue weighted by atomic mass is 35.5. The fourth-order valence-electron chi connectivity index (χ4n) is 3.88. The maximum atomic E-state index is 12.5. The van der Waals surface area contributed by atoms with Crippen molar-refractivity contribution >= 4 is 40.4 Å². The number of carbonyl (C=O) groups excluding carboxylic acids is 2. The molecule has 1 aromatic carbocycles. The van der Waals surface area contributed by atoms with Crippen LogP contribution in [-0.4, -0.2) is 29.9 Å². The number of thiazole rings is 1. The summed E-state index contributed by atoms with van der Waals surface area (Å²) in [5, 5.41) is 4.76. The highest BCUT2D eigenvalue weighted by Gasteiger charge is 2.35. The predicted octanol–water partition coefficient (Wildman–Crippen LogP) is 3.78. The minimum absolute atomic E-state index is 0.0317. The summed E-state index contributed by atoms with van der Waals surface area (Å²) in [5.41, 5.74) is 2.04. The quantitative estimate of drug-likeness (QED) is 0.727. The van der Waals surface area contributed by atoms with E-state index >= 15 is 0 Å². The van der Waals surface area contributed by atoms with E-state index in [-0.39, 0.29) is 24.2 Å². The van der Waals surface area contributed by atoms with E-state index < -0.39 is 0 Å². The lowest BCUT2D eigenvalue weighted by atomic mass is 10.0. The lowest BCUT2D eigenvalue weighted by Crippen LogP contribution is -2.33. The molecule has 7 heteroatoms. The van der Waals surface area contributed by atoms with E-state index in [1.54, 1.807) is 17.0 Å². The van der Waals surface area contributed by atoms with Crippen molar-refractivity contribution in [2.24, 2.45) is 5.92 Å². The normalized spacial score (nSPS) is 19.0. The lowest BCUT2D eigenvalue weighted by molar-refractivity contribution is -0.126. The van der Waals surface area contributed by atoms with Gasteiger partial charge < -0.3 is 10.2 Å².